The molecular weight excluding hydrogens is 430 g/mol. The molecule has 0 radical (unpaired) electrons. The van der Waals surface area contributed by atoms with Gasteiger partial charge in [0.25, 0.3) is 5.91 Å². The molecule has 1 aromatic heterocycles. The molecule has 2 aliphatic heterocycles. The van der Waals surface area contributed by atoms with E-state index in [-0.39, 0.29) is 23.0 Å². The third-order valence-electron chi connectivity index (χ3n) is 7.93. The van der Waals surface area contributed by atoms with Crippen LogP contribution in [0.2, 0.25) is 0 Å². The van der Waals surface area contributed by atoms with Crippen molar-refractivity contribution in [3.63, 3.8) is 0 Å². The summed E-state index contributed by atoms with van der Waals surface area (Å²) in [6, 6.07) is 12.4. The minimum absolute atomic E-state index is 0.133. The summed E-state index contributed by atoms with van der Waals surface area (Å²) in [5, 5.41) is 10.3. The molecule has 1 saturated carbocycles. The van der Waals surface area contributed by atoms with Gasteiger partial charge in [0.05, 0.1) is 11.6 Å². The lowest BCUT2D eigenvalue weighted by Gasteiger charge is -2.29. The number of rotatable bonds is 1. The third-order valence-corrected chi connectivity index (χ3v) is 7.93. The predicted octanol–water partition coefficient (Wildman–Crippen LogP) is 2.97. The molecule has 2 aromatic carbocycles. The van der Waals surface area contributed by atoms with Crippen LogP contribution in [0.4, 0.5) is 10.5 Å². The highest BCUT2D eigenvalue weighted by Gasteiger charge is 2.67. The largest absolute Gasteiger partial charge is 0.351 e. The number of nitrogens with zero attached hydrogens (tertiary/aromatic N) is 3. The highest BCUT2D eigenvalue weighted by atomic mass is 16.2. The fourth-order valence-corrected chi connectivity index (χ4v) is 6.29. The Bertz CT molecular complexity index is 1570. The molecule has 2 aliphatic carbocycles. The van der Waals surface area contributed by atoms with Gasteiger partial charge in [0, 0.05) is 52.4 Å². The van der Waals surface area contributed by atoms with Gasteiger partial charge >= 0.3 is 6.03 Å². The molecule has 3 amide bonds. The minimum Gasteiger partial charge on any atom is -0.351 e. The highest BCUT2D eigenvalue weighted by molar-refractivity contribution is 6.10. The van der Waals surface area contributed by atoms with Gasteiger partial charge in [-0.25, -0.2) is 4.79 Å². The van der Waals surface area contributed by atoms with Crippen LogP contribution in [0.15, 0.2) is 48.2 Å². The SMILES string of the molecule is N#Cc1ccc2c(c1)[C@@]13C[C@@H]1CN(C(=O)c1cc4c5c(ccc4[nH]1)N(C(N)=O)CC5)C3=CC2=O. The smallest absolute Gasteiger partial charge is 0.319 e. The Labute approximate surface area is 194 Å². The van der Waals surface area contributed by atoms with Gasteiger partial charge in [-0.05, 0) is 66.3 Å². The first-order valence-electron chi connectivity index (χ1n) is 11.3. The van der Waals surface area contributed by atoms with Crippen molar-refractivity contribution >= 4 is 34.3 Å². The van der Waals surface area contributed by atoms with Crippen LogP contribution in [-0.4, -0.2) is 40.7 Å². The van der Waals surface area contributed by atoms with Crippen molar-refractivity contribution in [2.45, 2.75) is 18.3 Å². The van der Waals surface area contributed by atoms with E-state index in [1.165, 1.54) is 0 Å². The quantitative estimate of drug-likeness (QED) is 0.593. The van der Waals surface area contributed by atoms with Gasteiger partial charge < -0.3 is 15.6 Å². The molecule has 166 valence electrons. The molecule has 3 aromatic rings. The number of piperidine rings is 1. The molecule has 34 heavy (non-hydrogen) atoms. The maximum absolute atomic E-state index is 13.7. The average Bonchev–Trinajstić information content (AvgIpc) is 3.16. The topological polar surface area (TPSA) is 123 Å². The van der Waals surface area contributed by atoms with E-state index in [1.807, 2.05) is 24.3 Å². The van der Waals surface area contributed by atoms with Crippen molar-refractivity contribution in [2.24, 2.45) is 11.7 Å². The fraction of sp³-hybridized carbons (Fsp3) is 0.231. The number of nitrogens with two attached hydrogens (primary N) is 1. The number of H-pyrrole nitrogens is 1. The summed E-state index contributed by atoms with van der Waals surface area (Å²) < 4.78 is 0. The second-order valence-electron chi connectivity index (χ2n) is 9.50. The number of amides is 3. The van der Waals surface area contributed by atoms with E-state index in [1.54, 1.807) is 28.0 Å². The van der Waals surface area contributed by atoms with Crippen LogP contribution in [0, 0.1) is 17.2 Å². The van der Waals surface area contributed by atoms with Crippen LogP contribution in [0.25, 0.3) is 10.9 Å². The van der Waals surface area contributed by atoms with Crippen LogP contribution in [0.1, 0.15) is 44.0 Å². The number of urea groups is 1. The number of hydrogen-bond acceptors (Lipinski definition) is 4. The van der Waals surface area contributed by atoms with Gasteiger partial charge in [0.2, 0.25) is 0 Å². The fourth-order valence-electron chi connectivity index (χ4n) is 6.29. The maximum Gasteiger partial charge on any atom is 0.319 e. The van der Waals surface area contributed by atoms with Crippen LogP contribution in [-0.2, 0) is 11.8 Å². The Morgan fingerprint density at radius 3 is 2.82 bits per heavy atom. The van der Waals surface area contributed by atoms with E-state index >= 15 is 0 Å². The first-order chi connectivity index (χ1) is 16.4. The molecule has 1 saturated heterocycles. The van der Waals surface area contributed by atoms with Crippen LogP contribution >= 0.6 is 0 Å². The van der Waals surface area contributed by atoms with Crippen molar-refractivity contribution in [1.82, 2.24) is 9.88 Å². The lowest BCUT2D eigenvalue weighted by Crippen LogP contribution is -2.34. The number of aromatic amines is 1. The molecule has 7 rings (SSSR count). The molecule has 0 bridgehead atoms. The van der Waals surface area contributed by atoms with Gasteiger partial charge in [-0.3, -0.25) is 14.5 Å². The summed E-state index contributed by atoms with van der Waals surface area (Å²) >= 11 is 0. The summed E-state index contributed by atoms with van der Waals surface area (Å²) in [5.74, 6) is -0.0760. The molecule has 2 atom stereocenters. The summed E-state index contributed by atoms with van der Waals surface area (Å²) in [5.41, 5.74) is 10.9. The average molecular weight is 449 g/mol. The van der Waals surface area contributed by atoms with Gasteiger partial charge in [0.1, 0.15) is 5.69 Å². The van der Waals surface area contributed by atoms with E-state index < -0.39 is 6.03 Å². The second kappa shape index (κ2) is 6.14. The highest BCUT2D eigenvalue weighted by Crippen LogP contribution is 2.66. The summed E-state index contributed by atoms with van der Waals surface area (Å²) in [6.45, 7) is 1.06. The van der Waals surface area contributed by atoms with E-state index in [2.05, 4.69) is 11.1 Å². The molecule has 4 aliphatic rings. The van der Waals surface area contributed by atoms with Gasteiger partial charge in [-0.2, -0.15) is 5.26 Å². The first-order valence-corrected chi connectivity index (χ1v) is 11.3. The molecule has 2 fully saturated rings. The van der Waals surface area contributed by atoms with Crippen LogP contribution < -0.4 is 10.6 Å². The van der Waals surface area contributed by atoms with Gasteiger partial charge in [0.15, 0.2) is 5.78 Å². The summed E-state index contributed by atoms with van der Waals surface area (Å²) in [7, 11) is 0. The molecule has 0 unspecified atom stereocenters. The van der Waals surface area contributed by atoms with E-state index in [4.69, 9.17) is 5.73 Å². The third kappa shape index (κ3) is 2.23. The Morgan fingerprint density at radius 2 is 2.03 bits per heavy atom. The van der Waals surface area contributed by atoms with Crippen LogP contribution in [0.5, 0.6) is 0 Å². The predicted molar refractivity (Wildman–Crippen MR) is 123 cm³/mol. The Hall–Kier alpha value is -4.38. The zero-order chi connectivity index (χ0) is 23.4. The van der Waals surface area contributed by atoms with Gasteiger partial charge in [-0.15, -0.1) is 0 Å². The monoisotopic (exact) mass is 449 g/mol. The number of likely N-dealkylation sites (tertiary alicyclic amines) is 1. The van der Waals surface area contributed by atoms with E-state index in [9.17, 15) is 19.6 Å². The number of carbonyl (C=O) groups excluding carboxylic acids is 3. The van der Waals surface area contributed by atoms with Crippen molar-refractivity contribution in [3.8, 4) is 6.07 Å². The number of ketones is 1. The number of hydrogen-bond donors (Lipinski definition) is 2. The number of aromatic nitrogens is 1. The molecule has 3 heterocycles. The van der Waals surface area contributed by atoms with Gasteiger partial charge in [-0.1, -0.05) is 0 Å². The zero-order valence-corrected chi connectivity index (χ0v) is 18.1. The number of allylic oxidation sites excluding steroid dienone is 2. The van der Waals surface area contributed by atoms with Crippen molar-refractivity contribution in [1.29, 1.82) is 5.26 Å². The zero-order valence-electron chi connectivity index (χ0n) is 18.1. The van der Waals surface area contributed by atoms with Crippen LogP contribution in [0.3, 0.4) is 0 Å². The number of nitrogens with one attached hydrogen (secondary N) is 1. The standard InChI is InChI=1S/C26H19N5O3/c27-11-13-1-2-16-18(7-13)26-10-14(26)12-31(23(26)9-22(16)32)24(33)20-8-17-15-5-6-30(25(28)34)21(15)4-3-19(17)29-20/h1-4,7-9,14,29H,5-6,10,12H2,(H2,28,34)/t14-,26-/m1/s1. The molecule has 8 nitrogen and oxygen atoms in total. The lowest BCUT2D eigenvalue weighted by molar-refractivity contribution is 0.0806. The Morgan fingerprint density at radius 1 is 1.18 bits per heavy atom. The molecule has 8 heteroatoms. The Balaban J connectivity index is 1.28. The summed E-state index contributed by atoms with van der Waals surface area (Å²) in [4.78, 5) is 44.8. The lowest BCUT2D eigenvalue weighted by atomic mass is 9.80. The van der Waals surface area contributed by atoms with Crippen molar-refractivity contribution in [2.75, 3.05) is 18.0 Å². The number of fused-ring (bicyclic) bond motifs is 4. The number of anilines is 1. The first kappa shape index (κ1) is 19.1. The second-order valence-corrected chi connectivity index (χ2v) is 9.50. The number of carbonyl (C=O) groups is 3. The van der Waals surface area contributed by atoms with E-state index in [0.717, 1.165) is 39.8 Å². The van der Waals surface area contributed by atoms with E-state index in [0.29, 0.717) is 36.3 Å². The minimum atomic E-state index is -0.486. The molecule has 1 spiro atoms. The number of primary amides is 1. The van der Waals surface area contributed by atoms with Crippen molar-refractivity contribution in [3.05, 3.63) is 76.1 Å². The van der Waals surface area contributed by atoms with Crippen molar-refractivity contribution < 1.29 is 14.4 Å². The normalized spacial score (nSPS) is 23.7. The molecular formula is C26H19N5O3. The maximum atomic E-state index is 13.7. The molecule has 3 N–H and O–H groups in total. The Kier molecular flexibility index (Phi) is 3.45. The number of nitriles is 1. The number of benzene rings is 2. The summed E-state index contributed by atoms with van der Waals surface area (Å²) in [6.07, 6.45) is 3.15.